The van der Waals surface area contributed by atoms with Gasteiger partial charge in [0.05, 0.1) is 5.56 Å². The van der Waals surface area contributed by atoms with Crippen LogP contribution in [0.5, 0.6) is 0 Å². The van der Waals surface area contributed by atoms with Gasteiger partial charge in [-0.15, -0.1) is 0 Å². The van der Waals surface area contributed by atoms with Crippen molar-refractivity contribution in [3.63, 3.8) is 0 Å². The number of aromatic nitrogens is 2. The number of urea groups is 1. The zero-order valence-corrected chi connectivity index (χ0v) is 19.1. The van der Waals surface area contributed by atoms with Crippen LogP contribution in [0.3, 0.4) is 0 Å². The molecule has 0 saturated heterocycles. The van der Waals surface area contributed by atoms with Crippen LogP contribution in [0.4, 0.5) is 15.1 Å². The van der Waals surface area contributed by atoms with Crippen LogP contribution in [0, 0.1) is 5.82 Å². The van der Waals surface area contributed by atoms with Crippen molar-refractivity contribution < 1.29 is 9.18 Å². The fraction of sp³-hybridized carbons (Fsp3) is 0.227. The summed E-state index contributed by atoms with van der Waals surface area (Å²) >= 11 is 11.9. The molecule has 0 fully saturated rings. The molecule has 6 N–H and O–H groups in total. The van der Waals surface area contributed by atoms with Crippen LogP contribution in [0.1, 0.15) is 17.5 Å². The number of rotatable bonds is 9. The molecule has 0 aliphatic heterocycles. The van der Waals surface area contributed by atoms with Gasteiger partial charge in [-0.3, -0.25) is 15.1 Å². The molecule has 0 radical (unpaired) electrons. The first kappa shape index (κ1) is 24.7. The van der Waals surface area contributed by atoms with E-state index in [1.807, 2.05) is 0 Å². The maximum Gasteiger partial charge on any atom is 0.321 e. The van der Waals surface area contributed by atoms with Crippen LogP contribution >= 0.6 is 23.2 Å². The number of halogens is 3. The Bertz CT molecular complexity index is 1190. The highest BCUT2D eigenvalue weighted by Crippen LogP contribution is 2.21. The number of aromatic amines is 1. The number of carbonyl (C=O) groups is 1. The third kappa shape index (κ3) is 7.00. The number of hydrogen-bond donors (Lipinski definition) is 5. The molecule has 0 aliphatic rings. The molecular weight excluding hydrogens is 470 g/mol. The third-order valence-corrected chi connectivity index (χ3v) is 5.31. The molecule has 1 heterocycles. The fourth-order valence-corrected chi connectivity index (χ4v) is 3.44. The Balaban J connectivity index is 1.61. The van der Waals surface area contributed by atoms with Gasteiger partial charge in [0, 0.05) is 34.9 Å². The predicted molar refractivity (Wildman–Crippen MR) is 128 cm³/mol. The summed E-state index contributed by atoms with van der Waals surface area (Å²) in [6, 6.07) is 8.88. The molecular formula is C22H23Cl2FN6O2. The fourth-order valence-electron chi connectivity index (χ4n) is 2.96. The van der Waals surface area contributed by atoms with E-state index in [9.17, 15) is 14.0 Å². The highest BCUT2D eigenvalue weighted by Gasteiger charge is 2.11. The van der Waals surface area contributed by atoms with Gasteiger partial charge < -0.3 is 16.4 Å². The van der Waals surface area contributed by atoms with E-state index in [1.165, 1.54) is 12.3 Å². The Hall–Kier alpha value is -2.98. The number of carbonyl (C=O) groups excluding carboxylic acids is 1. The average Bonchev–Trinajstić information content (AvgIpc) is 2.77. The van der Waals surface area contributed by atoms with Gasteiger partial charge in [-0.1, -0.05) is 41.4 Å². The molecule has 1 aromatic heterocycles. The molecule has 0 atom stereocenters. The van der Waals surface area contributed by atoms with E-state index in [0.29, 0.717) is 46.4 Å². The zero-order chi connectivity index (χ0) is 23.8. The lowest BCUT2D eigenvalue weighted by molar-refractivity contribution is 0.251. The molecule has 2 amide bonds. The van der Waals surface area contributed by atoms with Crippen molar-refractivity contribution in [2.24, 2.45) is 5.73 Å². The number of amides is 2. The smallest absolute Gasteiger partial charge is 0.321 e. The van der Waals surface area contributed by atoms with Crippen LogP contribution in [0.15, 0.2) is 47.4 Å². The summed E-state index contributed by atoms with van der Waals surface area (Å²) in [6.07, 6.45) is 2.08. The van der Waals surface area contributed by atoms with Gasteiger partial charge in [-0.25, -0.2) is 14.2 Å². The third-order valence-electron chi connectivity index (χ3n) is 4.72. The van der Waals surface area contributed by atoms with E-state index >= 15 is 0 Å². The van der Waals surface area contributed by atoms with Crippen molar-refractivity contribution in [2.45, 2.75) is 19.5 Å². The van der Waals surface area contributed by atoms with Gasteiger partial charge in [-0.2, -0.15) is 0 Å². The lowest BCUT2D eigenvalue weighted by Crippen LogP contribution is -2.30. The first-order chi connectivity index (χ1) is 15.9. The molecule has 8 nitrogen and oxygen atoms in total. The molecule has 0 saturated carbocycles. The Morgan fingerprint density at radius 3 is 2.61 bits per heavy atom. The number of nitrogens with two attached hydrogens (primary N) is 1. The highest BCUT2D eigenvalue weighted by atomic mass is 35.5. The van der Waals surface area contributed by atoms with Crippen molar-refractivity contribution >= 4 is 35.2 Å². The van der Waals surface area contributed by atoms with Crippen molar-refractivity contribution in [1.29, 1.82) is 0 Å². The molecule has 2 aromatic carbocycles. The molecule has 0 bridgehead atoms. The second-order valence-corrected chi connectivity index (χ2v) is 7.99. The SMILES string of the molecule is NCCCNCc1ccc(-c2cnc(NC(=O)NCc3ccc(Cl)cc3Cl)[nH]c2=O)cc1F. The monoisotopic (exact) mass is 492 g/mol. The molecule has 33 heavy (non-hydrogen) atoms. The van der Waals surface area contributed by atoms with Crippen LogP contribution in [-0.4, -0.2) is 29.1 Å². The van der Waals surface area contributed by atoms with Crippen molar-refractivity contribution in [2.75, 3.05) is 18.4 Å². The molecule has 3 rings (SSSR count). The number of H-pyrrole nitrogens is 1. The maximum absolute atomic E-state index is 14.4. The van der Waals surface area contributed by atoms with Crippen molar-refractivity contribution in [3.8, 4) is 11.1 Å². The lowest BCUT2D eigenvalue weighted by atomic mass is 10.1. The summed E-state index contributed by atoms with van der Waals surface area (Å²) in [5.74, 6) is -0.487. The minimum absolute atomic E-state index is 0.0513. The van der Waals surface area contributed by atoms with Crippen LogP contribution in [0.25, 0.3) is 11.1 Å². The lowest BCUT2D eigenvalue weighted by Gasteiger charge is -2.10. The minimum atomic E-state index is -0.588. The zero-order valence-electron chi connectivity index (χ0n) is 17.6. The first-order valence-electron chi connectivity index (χ1n) is 10.1. The maximum atomic E-state index is 14.4. The summed E-state index contributed by atoms with van der Waals surface area (Å²) in [4.78, 5) is 31.1. The largest absolute Gasteiger partial charge is 0.334 e. The Morgan fingerprint density at radius 1 is 1.12 bits per heavy atom. The molecule has 0 spiro atoms. The highest BCUT2D eigenvalue weighted by molar-refractivity contribution is 6.35. The topological polar surface area (TPSA) is 125 Å². The molecule has 174 valence electrons. The predicted octanol–water partition coefficient (Wildman–Crippen LogP) is 3.64. The normalized spacial score (nSPS) is 10.8. The number of nitrogens with zero attached hydrogens (tertiary/aromatic N) is 1. The van der Waals surface area contributed by atoms with E-state index in [4.69, 9.17) is 28.9 Å². The summed E-state index contributed by atoms with van der Waals surface area (Å²) in [5, 5.41) is 9.06. The summed E-state index contributed by atoms with van der Waals surface area (Å²) in [6.45, 7) is 1.76. The number of benzene rings is 2. The van der Waals surface area contributed by atoms with Crippen molar-refractivity contribution in [3.05, 3.63) is 79.9 Å². The Kier molecular flexibility index (Phi) is 8.79. The van der Waals surface area contributed by atoms with E-state index in [0.717, 1.165) is 6.42 Å². The molecule has 0 unspecified atom stereocenters. The quantitative estimate of drug-likeness (QED) is 0.291. The van der Waals surface area contributed by atoms with E-state index in [1.54, 1.807) is 30.3 Å². The van der Waals surface area contributed by atoms with Crippen LogP contribution in [-0.2, 0) is 13.1 Å². The Labute approximate surface area is 199 Å². The van der Waals surface area contributed by atoms with Gasteiger partial charge in [-0.05, 0) is 48.8 Å². The van der Waals surface area contributed by atoms with Gasteiger partial charge in [0.25, 0.3) is 5.56 Å². The standard InChI is InChI=1S/C22H23Cl2FN6O2/c23-16-5-4-14(18(24)9-16)11-29-22(33)31-21-28-12-17(20(32)30-21)13-2-3-15(19(25)8-13)10-27-7-1-6-26/h2-5,8-9,12,27H,1,6-7,10-11,26H2,(H3,28,29,30,31,32,33). The molecule has 0 aliphatic carbocycles. The van der Waals surface area contributed by atoms with E-state index < -0.39 is 17.4 Å². The molecule has 3 aromatic rings. The minimum Gasteiger partial charge on any atom is -0.334 e. The van der Waals surface area contributed by atoms with Gasteiger partial charge in [0.15, 0.2) is 0 Å². The number of hydrogen-bond acceptors (Lipinski definition) is 5. The summed E-state index contributed by atoms with van der Waals surface area (Å²) in [7, 11) is 0. The second-order valence-electron chi connectivity index (χ2n) is 7.14. The van der Waals surface area contributed by atoms with E-state index in [2.05, 4.69) is 25.9 Å². The number of nitrogens with one attached hydrogen (secondary N) is 4. The van der Waals surface area contributed by atoms with Gasteiger partial charge in [0.1, 0.15) is 5.82 Å². The van der Waals surface area contributed by atoms with Crippen molar-refractivity contribution in [1.82, 2.24) is 20.6 Å². The summed E-state index contributed by atoms with van der Waals surface area (Å²) < 4.78 is 14.4. The van der Waals surface area contributed by atoms with Gasteiger partial charge in [0.2, 0.25) is 5.95 Å². The first-order valence-corrected chi connectivity index (χ1v) is 10.9. The Morgan fingerprint density at radius 2 is 1.91 bits per heavy atom. The van der Waals surface area contributed by atoms with Crippen LogP contribution in [0.2, 0.25) is 10.0 Å². The van der Waals surface area contributed by atoms with Crippen LogP contribution < -0.4 is 27.2 Å². The second kappa shape index (κ2) is 11.8. The molecule has 11 heteroatoms. The van der Waals surface area contributed by atoms with Gasteiger partial charge >= 0.3 is 6.03 Å². The number of anilines is 1. The summed E-state index contributed by atoms with van der Waals surface area (Å²) in [5.41, 5.74) is 6.62. The average molecular weight is 493 g/mol. The van der Waals surface area contributed by atoms with E-state index in [-0.39, 0.29) is 18.1 Å².